The van der Waals surface area contributed by atoms with E-state index < -0.39 is 0 Å². The topological polar surface area (TPSA) is 64.9 Å². The number of rotatable bonds is 3. The van der Waals surface area contributed by atoms with Crippen molar-refractivity contribution in [2.45, 2.75) is 44.2 Å². The summed E-state index contributed by atoms with van der Waals surface area (Å²) >= 11 is 1.79. The number of nitrogens with zero attached hydrogens (tertiary/aromatic N) is 2. The van der Waals surface area contributed by atoms with Crippen molar-refractivity contribution < 1.29 is 4.52 Å². The minimum absolute atomic E-state index is 0.184. The highest BCUT2D eigenvalue weighted by Crippen LogP contribution is 2.26. The van der Waals surface area contributed by atoms with Gasteiger partial charge in [-0.2, -0.15) is 4.98 Å². The Balaban J connectivity index is 2.52. The molecule has 0 spiro atoms. The van der Waals surface area contributed by atoms with Gasteiger partial charge in [0.05, 0.1) is 11.8 Å². The molecular weight excluding hydrogens is 198 g/mol. The van der Waals surface area contributed by atoms with Crippen molar-refractivity contribution in [1.82, 2.24) is 10.1 Å². The molecule has 0 saturated carbocycles. The number of nitrogens with two attached hydrogens (primary N) is 1. The van der Waals surface area contributed by atoms with Crippen LogP contribution in [0.1, 0.15) is 45.5 Å². The average Bonchev–Trinajstić information content (AvgIpc) is 2.47. The van der Waals surface area contributed by atoms with E-state index in [-0.39, 0.29) is 10.8 Å². The summed E-state index contributed by atoms with van der Waals surface area (Å²) in [6.07, 6.45) is 0. The fraction of sp³-hybridized carbons (Fsp3) is 0.778. The molecule has 0 fully saturated rings. The van der Waals surface area contributed by atoms with E-state index in [1.54, 1.807) is 11.8 Å². The van der Waals surface area contributed by atoms with E-state index >= 15 is 0 Å². The molecule has 0 unspecified atom stereocenters. The first kappa shape index (κ1) is 11.5. The Morgan fingerprint density at radius 3 is 2.57 bits per heavy atom. The lowest BCUT2D eigenvalue weighted by Gasteiger charge is -2.15. The summed E-state index contributed by atoms with van der Waals surface area (Å²) in [5.41, 5.74) is 5.61. The van der Waals surface area contributed by atoms with Crippen LogP contribution < -0.4 is 5.73 Å². The fourth-order valence-electron chi connectivity index (χ4n) is 0.792. The van der Waals surface area contributed by atoms with Crippen molar-refractivity contribution in [3.63, 3.8) is 0 Å². The van der Waals surface area contributed by atoms with Crippen LogP contribution in [0, 0.1) is 0 Å². The first-order valence-electron chi connectivity index (χ1n) is 4.60. The van der Waals surface area contributed by atoms with Gasteiger partial charge in [-0.15, -0.1) is 11.8 Å². The van der Waals surface area contributed by atoms with Gasteiger partial charge >= 0.3 is 0 Å². The van der Waals surface area contributed by atoms with Gasteiger partial charge in [0.2, 0.25) is 5.89 Å². The van der Waals surface area contributed by atoms with Gasteiger partial charge in [0.15, 0.2) is 5.82 Å². The molecule has 14 heavy (non-hydrogen) atoms. The fourth-order valence-corrected chi connectivity index (χ4v) is 1.47. The summed E-state index contributed by atoms with van der Waals surface area (Å²) in [5.74, 6) is 1.99. The zero-order valence-corrected chi connectivity index (χ0v) is 9.89. The number of hydrogen-bond acceptors (Lipinski definition) is 5. The van der Waals surface area contributed by atoms with Gasteiger partial charge in [0.1, 0.15) is 0 Å². The van der Waals surface area contributed by atoms with E-state index in [9.17, 15) is 0 Å². The summed E-state index contributed by atoms with van der Waals surface area (Å²) in [6.45, 7) is 8.30. The number of thioether (sulfide) groups is 1. The summed E-state index contributed by atoms with van der Waals surface area (Å²) in [7, 11) is 0. The van der Waals surface area contributed by atoms with Crippen molar-refractivity contribution in [2.24, 2.45) is 5.73 Å². The zero-order chi connectivity index (χ0) is 10.8. The van der Waals surface area contributed by atoms with Crippen molar-refractivity contribution in [1.29, 1.82) is 0 Å². The highest BCUT2D eigenvalue weighted by molar-refractivity contribution is 7.99. The van der Waals surface area contributed by atoms with Crippen molar-refractivity contribution in [3.8, 4) is 0 Å². The van der Waals surface area contributed by atoms with Crippen LogP contribution in [0.15, 0.2) is 4.52 Å². The minimum Gasteiger partial charge on any atom is -0.338 e. The molecule has 0 aliphatic heterocycles. The van der Waals surface area contributed by atoms with E-state index in [1.807, 2.05) is 6.92 Å². The zero-order valence-electron chi connectivity index (χ0n) is 9.07. The van der Waals surface area contributed by atoms with Crippen molar-refractivity contribution in [2.75, 3.05) is 0 Å². The Bertz CT molecular complexity index is 290. The highest BCUT2D eigenvalue weighted by atomic mass is 32.2. The smallest absolute Gasteiger partial charge is 0.243 e. The second kappa shape index (κ2) is 4.31. The van der Waals surface area contributed by atoms with E-state index in [0.717, 1.165) is 11.6 Å². The van der Waals surface area contributed by atoms with Crippen LogP contribution in [0.2, 0.25) is 0 Å². The van der Waals surface area contributed by atoms with Crippen molar-refractivity contribution in [3.05, 3.63) is 11.7 Å². The second-order valence-corrected chi connectivity index (χ2v) is 6.04. The van der Waals surface area contributed by atoms with E-state index in [2.05, 4.69) is 30.9 Å². The molecule has 1 aromatic rings. The molecular formula is C9H17N3OS. The van der Waals surface area contributed by atoms with Crippen molar-refractivity contribution >= 4 is 11.8 Å². The first-order valence-corrected chi connectivity index (χ1v) is 5.59. The summed E-state index contributed by atoms with van der Waals surface area (Å²) in [4.78, 5) is 4.19. The molecule has 1 aromatic heterocycles. The highest BCUT2D eigenvalue weighted by Gasteiger charge is 2.14. The van der Waals surface area contributed by atoms with Gasteiger partial charge in [-0.3, -0.25) is 0 Å². The molecule has 2 N–H and O–H groups in total. The Hall–Kier alpha value is -0.550. The molecule has 0 radical (unpaired) electrons. The molecule has 0 amide bonds. The quantitative estimate of drug-likeness (QED) is 0.836. The van der Waals surface area contributed by atoms with Gasteiger partial charge < -0.3 is 10.3 Å². The SMILES string of the molecule is C[C@H](N)c1nc(CSC(C)(C)C)no1. The predicted octanol–water partition coefficient (Wildman–Crippen LogP) is 2.12. The maximum Gasteiger partial charge on any atom is 0.243 e. The molecule has 1 rings (SSSR count). The van der Waals surface area contributed by atoms with Gasteiger partial charge in [-0.05, 0) is 6.92 Å². The molecule has 0 saturated heterocycles. The minimum atomic E-state index is -0.184. The Kier molecular flexibility index (Phi) is 3.55. The van der Waals surface area contributed by atoms with Gasteiger partial charge in [-0.25, -0.2) is 0 Å². The Labute approximate surface area is 88.6 Å². The lowest BCUT2D eigenvalue weighted by atomic mass is 10.3. The van der Waals surface area contributed by atoms with Crippen LogP contribution in [0.3, 0.4) is 0 Å². The lowest BCUT2D eigenvalue weighted by Crippen LogP contribution is -2.08. The largest absolute Gasteiger partial charge is 0.338 e. The van der Waals surface area contributed by atoms with E-state index in [0.29, 0.717) is 5.89 Å². The van der Waals surface area contributed by atoms with E-state index in [4.69, 9.17) is 10.3 Å². The maximum absolute atomic E-state index is 5.61. The number of hydrogen-bond donors (Lipinski definition) is 1. The lowest BCUT2D eigenvalue weighted by molar-refractivity contribution is 0.358. The first-order chi connectivity index (χ1) is 6.38. The third-order valence-corrected chi connectivity index (χ3v) is 2.78. The van der Waals surface area contributed by atoms with Gasteiger partial charge in [-0.1, -0.05) is 25.9 Å². The molecule has 5 heteroatoms. The van der Waals surface area contributed by atoms with Gasteiger partial charge in [0, 0.05) is 4.75 Å². The Morgan fingerprint density at radius 2 is 2.14 bits per heavy atom. The molecule has 0 bridgehead atoms. The average molecular weight is 215 g/mol. The second-order valence-electron chi connectivity index (χ2n) is 4.24. The molecule has 0 aromatic carbocycles. The van der Waals surface area contributed by atoms with Crippen LogP contribution >= 0.6 is 11.8 Å². The van der Waals surface area contributed by atoms with Gasteiger partial charge in [0.25, 0.3) is 0 Å². The van der Waals surface area contributed by atoms with Crippen LogP contribution in [0.5, 0.6) is 0 Å². The van der Waals surface area contributed by atoms with Crippen LogP contribution in [-0.4, -0.2) is 14.9 Å². The third kappa shape index (κ3) is 3.67. The Morgan fingerprint density at radius 1 is 1.50 bits per heavy atom. The third-order valence-electron chi connectivity index (χ3n) is 1.51. The standard InChI is InChI=1S/C9H17N3OS/c1-6(10)8-11-7(12-13-8)5-14-9(2,3)4/h6H,5,10H2,1-4H3/t6-/m0/s1. The predicted molar refractivity (Wildman–Crippen MR) is 57.9 cm³/mol. The maximum atomic E-state index is 5.61. The van der Waals surface area contributed by atoms with E-state index in [1.165, 1.54) is 0 Å². The molecule has 1 atom stereocenters. The summed E-state index contributed by atoms with van der Waals surface area (Å²) < 4.78 is 5.21. The number of aromatic nitrogens is 2. The molecule has 0 aliphatic rings. The molecule has 1 heterocycles. The van der Waals surface area contributed by atoms with Crippen LogP contribution in [0.25, 0.3) is 0 Å². The summed E-state index contributed by atoms with van der Waals surface area (Å²) in [6, 6.07) is -0.184. The summed E-state index contributed by atoms with van der Waals surface area (Å²) in [5, 5.41) is 3.85. The normalized spacial score (nSPS) is 14.4. The van der Waals surface area contributed by atoms with Crippen LogP contribution in [-0.2, 0) is 5.75 Å². The monoisotopic (exact) mass is 215 g/mol. The molecule has 0 aliphatic carbocycles. The van der Waals surface area contributed by atoms with Crippen LogP contribution in [0.4, 0.5) is 0 Å². The molecule has 80 valence electrons. The molecule has 4 nitrogen and oxygen atoms in total.